The molecule has 0 aliphatic carbocycles. The molecule has 2 aromatic carbocycles. The molecule has 152 valence electrons. The van der Waals surface area contributed by atoms with Gasteiger partial charge in [0.25, 0.3) is 5.91 Å². The molecule has 1 amide bonds. The van der Waals surface area contributed by atoms with Crippen LogP contribution in [0.3, 0.4) is 0 Å². The summed E-state index contributed by atoms with van der Waals surface area (Å²) in [6.45, 7) is 4.32. The fourth-order valence-corrected chi connectivity index (χ4v) is 3.48. The fourth-order valence-electron chi connectivity index (χ4n) is 2.61. The number of fused-ring (bicyclic) bond motifs is 1. The number of hydrogen-bond donors (Lipinski definition) is 1. The van der Waals surface area contributed by atoms with E-state index >= 15 is 0 Å². The molecule has 0 unspecified atom stereocenters. The quantitative estimate of drug-likeness (QED) is 0.493. The zero-order chi connectivity index (χ0) is 21.0. The predicted octanol–water partition coefficient (Wildman–Crippen LogP) is 4.77. The van der Waals surface area contributed by atoms with Gasteiger partial charge in [-0.3, -0.25) is 4.79 Å². The maximum absolute atomic E-state index is 12.3. The second-order valence-corrected chi connectivity index (χ2v) is 7.67. The van der Waals surface area contributed by atoms with E-state index in [-0.39, 0.29) is 0 Å². The smallest absolute Gasteiger partial charge is 0.331 e. The van der Waals surface area contributed by atoms with Crippen molar-refractivity contribution in [3.63, 3.8) is 0 Å². The predicted molar refractivity (Wildman–Crippen MR) is 115 cm³/mol. The number of anilines is 1. The molecule has 8 heteroatoms. The molecule has 0 bridgehead atoms. The SMILES string of the molecule is Cc1ccc(NC(=O)[C@@H](C)OC(=O)/C=C\c2cc(Cl)c3c(c2)OCCO3)c(Br)c1. The first kappa shape index (κ1) is 21.2. The molecule has 0 saturated heterocycles. The van der Waals surface area contributed by atoms with Crippen LogP contribution in [0.5, 0.6) is 11.5 Å². The molecular formula is C21H19BrClNO5. The van der Waals surface area contributed by atoms with Gasteiger partial charge in [0.15, 0.2) is 17.6 Å². The molecule has 0 spiro atoms. The molecule has 0 aromatic heterocycles. The van der Waals surface area contributed by atoms with Crippen LogP contribution in [-0.4, -0.2) is 31.2 Å². The normalized spacial score (nSPS) is 13.8. The number of esters is 1. The van der Waals surface area contributed by atoms with Crippen molar-refractivity contribution < 1.29 is 23.8 Å². The van der Waals surface area contributed by atoms with Crippen LogP contribution in [0.25, 0.3) is 6.08 Å². The van der Waals surface area contributed by atoms with Crippen molar-refractivity contribution in [3.8, 4) is 11.5 Å². The molecular weight excluding hydrogens is 462 g/mol. The minimum atomic E-state index is -0.968. The van der Waals surface area contributed by atoms with Gasteiger partial charge in [0.1, 0.15) is 13.2 Å². The van der Waals surface area contributed by atoms with E-state index in [9.17, 15) is 9.59 Å². The van der Waals surface area contributed by atoms with Crippen molar-refractivity contribution in [2.45, 2.75) is 20.0 Å². The average Bonchev–Trinajstić information content (AvgIpc) is 2.68. The summed E-state index contributed by atoms with van der Waals surface area (Å²) in [5.74, 6) is -0.0706. The second kappa shape index (κ2) is 9.33. The van der Waals surface area contributed by atoms with Gasteiger partial charge in [-0.25, -0.2) is 4.79 Å². The van der Waals surface area contributed by atoms with E-state index in [1.807, 2.05) is 19.1 Å². The Hall–Kier alpha value is -2.51. The molecule has 1 heterocycles. The Morgan fingerprint density at radius 2 is 2.00 bits per heavy atom. The van der Waals surface area contributed by atoms with Crippen LogP contribution < -0.4 is 14.8 Å². The number of rotatable bonds is 5. The van der Waals surface area contributed by atoms with E-state index in [4.69, 9.17) is 25.8 Å². The van der Waals surface area contributed by atoms with Crippen molar-refractivity contribution in [2.75, 3.05) is 18.5 Å². The third-order valence-corrected chi connectivity index (χ3v) is 5.01. The summed E-state index contributed by atoms with van der Waals surface area (Å²) in [6.07, 6.45) is 1.80. The van der Waals surface area contributed by atoms with Gasteiger partial charge >= 0.3 is 5.97 Å². The van der Waals surface area contributed by atoms with E-state index in [0.717, 1.165) is 10.0 Å². The molecule has 6 nitrogen and oxygen atoms in total. The van der Waals surface area contributed by atoms with Crippen LogP contribution in [0.15, 0.2) is 40.9 Å². The molecule has 1 aliphatic heterocycles. The van der Waals surface area contributed by atoms with Crippen LogP contribution in [-0.2, 0) is 14.3 Å². The maximum atomic E-state index is 12.3. The maximum Gasteiger partial charge on any atom is 0.331 e. The largest absolute Gasteiger partial charge is 0.486 e. The lowest BCUT2D eigenvalue weighted by Crippen LogP contribution is -2.29. The topological polar surface area (TPSA) is 73.9 Å². The summed E-state index contributed by atoms with van der Waals surface area (Å²) < 4.78 is 16.9. The number of carbonyl (C=O) groups excluding carboxylic acids is 2. The van der Waals surface area contributed by atoms with E-state index in [1.54, 1.807) is 18.2 Å². The second-order valence-electron chi connectivity index (χ2n) is 6.41. The lowest BCUT2D eigenvalue weighted by atomic mass is 10.2. The highest BCUT2D eigenvalue weighted by Gasteiger charge is 2.18. The molecule has 0 fully saturated rings. The highest BCUT2D eigenvalue weighted by Crippen LogP contribution is 2.38. The monoisotopic (exact) mass is 479 g/mol. The van der Waals surface area contributed by atoms with Crippen molar-refractivity contribution in [1.82, 2.24) is 0 Å². The Morgan fingerprint density at radius 1 is 1.24 bits per heavy atom. The van der Waals surface area contributed by atoms with Gasteiger partial charge < -0.3 is 19.5 Å². The van der Waals surface area contributed by atoms with Crippen LogP contribution >= 0.6 is 27.5 Å². The number of benzene rings is 2. The Morgan fingerprint density at radius 3 is 2.76 bits per heavy atom. The van der Waals surface area contributed by atoms with Gasteiger partial charge in [-0.2, -0.15) is 0 Å². The summed E-state index contributed by atoms with van der Waals surface area (Å²) >= 11 is 9.57. The van der Waals surface area contributed by atoms with Crippen LogP contribution in [0.4, 0.5) is 5.69 Å². The number of amides is 1. The number of carbonyl (C=O) groups is 2. The number of hydrogen-bond acceptors (Lipinski definition) is 5. The van der Waals surface area contributed by atoms with Gasteiger partial charge in [-0.15, -0.1) is 0 Å². The Kier molecular flexibility index (Phi) is 6.82. The van der Waals surface area contributed by atoms with Crippen LogP contribution in [0.2, 0.25) is 5.02 Å². The van der Waals surface area contributed by atoms with Gasteiger partial charge in [0, 0.05) is 10.5 Å². The van der Waals surface area contributed by atoms with Crippen molar-refractivity contribution in [1.29, 1.82) is 0 Å². The zero-order valence-corrected chi connectivity index (χ0v) is 18.2. The van der Waals surface area contributed by atoms with E-state index in [1.165, 1.54) is 19.1 Å². The summed E-state index contributed by atoms with van der Waals surface area (Å²) in [5.41, 5.74) is 2.31. The number of nitrogens with one attached hydrogen (secondary N) is 1. The highest BCUT2D eigenvalue weighted by molar-refractivity contribution is 9.10. The van der Waals surface area contributed by atoms with Crippen LogP contribution in [0, 0.1) is 6.92 Å². The zero-order valence-electron chi connectivity index (χ0n) is 15.8. The lowest BCUT2D eigenvalue weighted by molar-refractivity contribution is -0.148. The molecule has 0 saturated carbocycles. The minimum absolute atomic E-state index is 0.395. The standard InChI is InChI=1S/C21H19BrClNO5/c1-12-3-5-17(15(22)9-12)24-21(26)13(2)29-19(25)6-4-14-10-16(23)20-18(11-14)27-7-8-28-20/h3-6,9-11,13H,7-8H2,1-2H3,(H,24,26)/b6-4-/t13-/m1/s1. The summed E-state index contributed by atoms with van der Waals surface area (Å²) in [5, 5.41) is 3.12. The average molecular weight is 481 g/mol. The highest BCUT2D eigenvalue weighted by atomic mass is 79.9. The van der Waals surface area contributed by atoms with Gasteiger partial charge in [-0.05, 0) is 71.2 Å². The number of halogens is 2. The summed E-state index contributed by atoms with van der Waals surface area (Å²) in [4.78, 5) is 24.4. The van der Waals surface area contributed by atoms with E-state index in [0.29, 0.717) is 41.0 Å². The Labute approximate surface area is 181 Å². The molecule has 1 atom stereocenters. The molecule has 0 radical (unpaired) electrons. The number of aryl methyl sites for hydroxylation is 1. The van der Waals surface area contributed by atoms with Crippen molar-refractivity contribution >= 4 is 51.2 Å². The van der Waals surface area contributed by atoms with Gasteiger partial charge in [0.05, 0.1) is 10.7 Å². The molecule has 1 aliphatic rings. The minimum Gasteiger partial charge on any atom is -0.486 e. The fraction of sp³-hybridized carbons (Fsp3) is 0.238. The lowest BCUT2D eigenvalue weighted by Gasteiger charge is -2.19. The van der Waals surface area contributed by atoms with Gasteiger partial charge in [0.2, 0.25) is 0 Å². The van der Waals surface area contributed by atoms with E-state index in [2.05, 4.69) is 21.2 Å². The Bertz CT molecular complexity index is 976. The first-order valence-electron chi connectivity index (χ1n) is 8.88. The molecule has 29 heavy (non-hydrogen) atoms. The van der Waals surface area contributed by atoms with Crippen molar-refractivity contribution in [2.24, 2.45) is 0 Å². The molecule has 3 rings (SSSR count). The number of ether oxygens (including phenoxy) is 3. The summed E-state index contributed by atoms with van der Waals surface area (Å²) in [7, 11) is 0. The molecule has 1 N–H and O–H groups in total. The third kappa shape index (κ3) is 5.52. The van der Waals surface area contributed by atoms with Gasteiger partial charge in [-0.1, -0.05) is 17.7 Å². The summed E-state index contributed by atoms with van der Waals surface area (Å²) in [6, 6.07) is 8.91. The Balaban J connectivity index is 1.59. The first-order valence-corrected chi connectivity index (χ1v) is 10.1. The first-order chi connectivity index (χ1) is 13.8. The van der Waals surface area contributed by atoms with E-state index < -0.39 is 18.0 Å². The van der Waals surface area contributed by atoms with Crippen molar-refractivity contribution in [3.05, 3.63) is 57.0 Å². The van der Waals surface area contributed by atoms with Crippen LogP contribution in [0.1, 0.15) is 18.1 Å². The molecule has 2 aromatic rings. The third-order valence-electron chi connectivity index (χ3n) is 4.08.